The Morgan fingerprint density at radius 1 is 1.35 bits per heavy atom. The maximum Gasteiger partial charge on any atom is 0.131 e. The molecule has 17 heavy (non-hydrogen) atoms. The lowest BCUT2D eigenvalue weighted by Gasteiger charge is -2.26. The van der Waals surface area contributed by atoms with Gasteiger partial charge in [0.15, 0.2) is 0 Å². The van der Waals surface area contributed by atoms with Crippen molar-refractivity contribution in [2.24, 2.45) is 5.92 Å². The third-order valence-electron chi connectivity index (χ3n) is 4.26. The molecule has 0 saturated carbocycles. The summed E-state index contributed by atoms with van der Waals surface area (Å²) >= 11 is 0. The van der Waals surface area contributed by atoms with Gasteiger partial charge < -0.3 is 0 Å². The summed E-state index contributed by atoms with van der Waals surface area (Å²) in [4.78, 5) is 0. The van der Waals surface area contributed by atoms with Gasteiger partial charge in [-0.3, -0.25) is 5.32 Å². The summed E-state index contributed by atoms with van der Waals surface area (Å²) in [5.74, 6) is 0.792. The first-order valence-electron chi connectivity index (χ1n) is 6.18. The number of nitrogens with zero attached hydrogens (tertiary/aromatic N) is 1. The zero-order chi connectivity index (χ0) is 11.9. The van der Waals surface area contributed by atoms with Crippen molar-refractivity contribution in [3.05, 3.63) is 47.5 Å². The second-order valence-electron chi connectivity index (χ2n) is 5.03. The van der Waals surface area contributed by atoms with Crippen molar-refractivity contribution in [3.63, 3.8) is 0 Å². The van der Waals surface area contributed by atoms with Gasteiger partial charge in [0.2, 0.25) is 0 Å². The molecule has 86 valence electrons. The van der Waals surface area contributed by atoms with Gasteiger partial charge in [-0.1, -0.05) is 36.4 Å². The summed E-state index contributed by atoms with van der Waals surface area (Å²) in [6, 6.07) is 13.0. The fraction of sp³-hybridized carbons (Fsp3) is 0.400. The highest BCUT2D eigenvalue weighted by Gasteiger charge is 2.52. The van der Waals surface area contributed by atoms with E-state index in [0.717, 1.165) is 13.0 Å². The predicted molar refractivity (Wildman–Crippen MR) is 67.4 cm³/mol. The van der Waals surface area contributed by atoms with Crippen LogP contribution in [0.25, 0.3) is 0 Å². The number of rotatable bonds is 1. The maximum atomic E-state index is 9.51. The lowest BCUT2D eigenvalue weighted by atomic mass is 9.79. The fourth-order valence-corrected chi connectivity index (χ4v) is 3.38. The molecule has 3 rings (SSSR count). The van der Waals surface area contributed by atoms with E-state index in [9.17, 15) is 5.26 Å². The molecule has 1 N–H and O–H groups in total. The average Bonchev–Trinajstić information content (AvgIpc) is 2.91. The van der Waals surface area contributed by atoms with Crippen LogP contribution in [0.15, 0.2) is 42.0 Å². The minimum absolute atomic E-state index is 0.394. The Morgan fingerprint density at radius 2 is 2.12 bits per heavy atom. The highest BCUT2D eigenvalue weighted by Crippen LogP contribution is 2.48. The molecule has 0 amide bonds. The molecule has 3 atom stereocenters. The number of hydrogen-bond acceptors (Lipinski definition) is 2. The van der Waals surface area contributed by atoms with Crippen molar-refractivity contribution in [2.75, 3.05) is 6.54 Å². The van der Waals surface area contributed by atoms with E-state index < -0.39 is 5.54 Å². The molecular weight excluding hydrogens is 208 g/mol. The van der Waals surface area contributed by atoms with Gasteiger partial charge in [-0.2, -0.15) is 5.26 Å². The molecule has 2 aliphatic rings. The lowest BCUT2D eigenvalue weighted by molar-refractivity contribution is 0.412. The molecule has 0 bridgehead atoms. The van der Waals surface area contributed by atoms with Gasteiger partial charge in [0, 0.05) is 11.8 Å². The van der Waals surface area contributed by atoms with Gasteiger partial charge in [0.25, 0.3) is 0 Å². The first-order chi connectivity index (χ1) is 8.28. The van der Waals surface area contributed by atoms with Crippen LogP contribution < -0.4 is 5.32 Å². The molecule has 0 aromatic heterocycles. The van der Waals surface area contributed by atoms with Crippen LogP contribution >= 0.6 is 0 Å². The molecule has 1 aromatic carbocycles. The normalized spacial score (nSPS) is 35.2. The van der Waals surface area contributed by atoms with Crippen LogP contribution in [0.5, 0.6) is 0 Å². The van der Waals surface area contributed by atoms with E-state index in [4.69, 9.17) is 0 Å². The van der Waals surface area contributed by atoms with Crippen molar-refractivity contribution >= 4 is 0 Å². The summed E-state index contributed by atoms with van der Waals surface area (Å²) in [5.41, 5.74) is 2.12. The third-order valence-corrected chi connectivity index (χ3v) is 4.26. The van der Waals surface area contributed by atoms with Crippen LogP contribution in [0.4, 0.5) is 0 Å². The molecule has 1 saturated heterocycles. The molecule has 1 aliphatic heterocycles. The van der Waals surface area contributed by atoms with Crippen molar-refractivity contribution in [1.82, 2.24) is 5.32 Å². The van der Waals surface area contributed by atoms with Crippen LogP contribution in [0.1, 0.15) is 24.8 Å². The van der Waals surface area contributed by atoms with Crippen molar-refractivity contribution < 1.29 is 0 Å². The number of fused-ring (bicyclic) bond motifs is 1. The van der Waals surface area contributed by atoms with E-state index in [1.807, 2.05) is 6.07 Å². The number of nitriles is 1. The van der Waals surface area contributed by atoms with Crippen molar-refractivity contribution in [1.29, 1.82) is 5.26 Å². The standard InChI is InChI=1S/C15H16N2/c1-11-9-13(12-5-3-2-4-6-12)14-7-8-17-15(11,14)10-16/h2-6,9,13-14,17H,7-8H2,1H3/t13-,14-,15+/m0/s1. The van der Waals surface area contributed by atoms with Gasteiger partial charge in [0.1, 0.15) is 5.54 Å². The zero-order valence-electron chi connectivity index (χ0n) is 9.98. The molecule has 2 nitrogen and oxygen atoms in total. The van der Waals surface area contributed by atoms with Crippen LogP contribution in [0.2, 0.25) is 0 Å². The number of hydrogen-bond donors (Lipinski definition) is 1. The van der Waals surface area contributed by atoms with Crippen molar-refractivity contribution in [3.8, 4) is 6.07 Å². The predicted octanol–water partition coefficient (Wildman–Crippen LogP) is 2.60. The second kappa shape index (κ2) is 3.72. The van der Waals surface area contributed by atoms with E-state index in [1.165, 1.54) is 11.1 Å². The summed E-state index contributed by atoms with van der Waals surface area (Å²) < 4.78 is 0. The minimum Gasteiger partial charge on any atom is -0.296 e. The van der Waals surface area contributed by atoms with E-state index in [1.54, 1.807) is 0 Å². The molecule has 1 aliphatic carbocycles. The summed E-state index contributed by atoms with van der Waals surface area (Å²) in [5, 5.41) is 12.9. The fourth-order valence-electron chi connectivity index (χ4n) is 3.38. The Kier molecular flexibility index (Phi) is 2.31. The monoisotopic (exact) mass is 224 g/mol. The largest absolute Gasteiger partial charge is 0.296 e. The van der Waals surface area contributed by atoms with Crippen LogP contribution in [-0.2, 0) is 0 Å². The molecule has 0 spiro atoms. The van der Waals surface area contributed by atoms with Crippen LogP contribution in [0, 0.1) is 17.2 Å². The van der Waals surface area contributed by atoms with Gasteiger partial charge >= 0.3 is 0 Å². The van der Waals surface area contributed by atoms with Crippen LogP contribution in [-0.4, -0.2) is 12.1 Å². The summed E-state index contributed by atoms with van der Waals surface area (Å²) in [6.07, 6.45) is 3.36. The molecule has 1 heterocycles. The van der Waals surface area contributed by atoms with Gasteiger partial charge in [-0.15, -0.1) is 0 Å². The van der Waals surface area contributed by atoms with E-state index in [-0.39, 0.29) is 0 Å². The minimum atomic E-state index is -0.402. The Labute approximate surface area is 102 Å². The molecule has 1 fully saturated rings. The van der Waals surface area contributed by atoms with E-state index in [2.05, 4.69) is 48.7 Å². The first-order valence-corrected chi connectivity index (χ1v) is 6.18. The highest BCUT2D eigenvalue weighted by atomic mass is 15.0. The third kappa shape index (κ3) is 1.36. The Morgan fingerprint density at radius 3 is 2.82 bits per heavy atom. The number of nitrogens with one attached hydrogen (secondary N) is 1. The zero-order valence-corrected chi connectivity index (χ0v) is 9.98. The molecule has 0 radical (unpaired) electrons. The number of allylic oxidation sites excluding steroid dienone is 1. The Bertz CT molecular complexity index is 497. The quantitative estimate of drug-likeness (QED) is 0.744. The molecular formula is C15H16N2. The smallest absolute Gasteiger partial charge is 0.131 e. The van der Waals surface area contributed by atoms with Crippen molar-refractivity contribution in [2.45, 2.75) is 24.8 Å². The number of benzene rings is 1. The average molecular weight is 224 g/mol. The summed E-state index contributed by atoms with van der Waals surface area (Å²) in [7, 11) is 0. The van der Waals surface area contributed by atoms with Gasteiger partial charge in [-0.05, 0) is 31.0 Å². The van der Waals surface area contributed by atoms with E-state index in [0.29, 0.717) is 11.8 Å². The first kappa shape index (κ1) is 10.6. The van der Waals surface area contributed by atoms with Gasteiger partial charge in [-0.25, -0.2) is 0 Å². The second-order valence-corrected chi connectivity index (χ2v) is 5.03. The Hall–Kier alpha value is -1.59. The summed E-state index contributed by atoms with van der Waals surface area (Å²) in [6.45, 7) is 3.03. The molecule has 0 unspecified atom stereocenters. The SMILES string of the molecule is CC1=C[C@@H](c2ccccc2)[C@@H]2CCN[C@]12C#N. The highest BCUT2D eigenvalue weighted by molar-refractivity contribution is 5.45. The molecule has 2 heteroatoms. The maximum absolute atomic E-state index is 9.51. The van der Waals surface area contributed by atoms with Crippen LogP contribution in [0.3, 0.4) is 0 Å². The van der Waals surface area contributed by atoms with Gasteiger partial charge in [0.05, 0.1) is 6.07 Å². The topological polar surface area (TPSA) is 35.8 Å². The Balaban J connectivity index is 2.04. The lowest BCUT2D eigenvalue weighted by Crippen LogP contribution is -2.42. The van der Waals surface area contributed by atoms with E-state index >= 15 is 0 Å². The molecule has 1 aromatic rings.